The summed E-state index contributed by atoms with van der Waals surface area (Å²) in [5.41, 5.74) is 1.04. The van der Waals surface area contributed by atoms with Gasteiger partial charge in [-0.3, -0.25) is 15.0 Å². The Morgan fingerprint density at radius 2 is 2.00 bits per heavy atom. The van der Waals surface area contributed by atoms with Crippen LogP contribution in [0.25, 0.3) is 11.1 Å². The maximum atomic E-state index is 13.2. The Morgan fingerprint density at radius 3 is 2.75 bits per heavy atom. The zero-order valence-electron chi connectivity index (χ0n) is 12.8. The third-order valence-corrected chi connectivity index (χ3v) is 4.29. The van der Waals surface area contributed by atoms with Crippen LogP contribution in [0, 0.1) is 5.82 Å². The van der Waals surface area contributed by atoms with Gasteiger partial charge < -0.3 is 14.6 Å². The number of oxazole rings is 1. The van der Waals surface area contributed by atoms with E-state index in [1.165, 1.54) is 12.1 Å². The first-order valence-corrected chi connectivity index (χ1v) is 7.74. The number of benzene rings is 1. The van der Waals surface area contributed by atoms with Crippen molar-refractivity contribution in [3.05, 3.63) is 24.0 Å². The standard InChI is InChI=1S/C15H16FN5O3/c16-9-1-2-10-11(7-9)24-15(17-10)21-5-3-20(4-6-21)12-8-13(22)19-14(23)18-12/h1-2,7,12H,3-6,8H2,(H2,18,19,22,23). The van der Waals surface area contributed by atoms with E-state index in [-0.39, 0.29) is 24.3 Å². The zero-order chi connectivity index (χ0) is 16.7. The number of rotatable bonds is 2. The quantitative estimate of drug-likeness (QED) is 0.838. The molecule has 1 aromatic heterocycles. The maximum Gasteiger partial charge on any atom is 0.322 e. The molecular formula is C15H16FN5O3. The Morgan fingerprint density at radius 1 is 1.21 bits per heavy atom. The highest BCUT2D eigenvalue weighted by molar-refractivity contribution is 5.97. The summed E-state index contributed by atoms with van der Waals surface area (Å²) in [6, 6.07) is 4.26. The lowest BCUT2D eigenvalue weighted by molar-refractivity contribution is -0.122. The summed E-state index contributed by atoms with van der Waals surface area (Å²) in [6.07, 6.45) is -0.0420. The van der Waals surface area contributed by atoms with Gasteiger partial charge in [0.2, 0.25) is 5.91 Å². The minimum Gasteiger partial charge on any atom is -0.423 e. The van der Waals surface area contributed by atoms with Gasteiger partial charge in [-0.15, -0.1) is 0 Å². The largest absolute Gasteiger partial charge is 0.423 e. The van der Waals surface area contributed by atoms with E-state index in [4.69, 9.17) is 4.42 Å². The van der Waals surface area contributed by atoms with Gasteiger partial charge in [0, 0.05) is 32.2 Å². The molecule has 2 fully saturated rings. The first-order chi connectivity index (χ1) is 11.6. The number of carbonyl (C=O) groups excluding carboxylic acids is 2. The molecule has 3 heterocycles. The number of anilines is 1. The number of hydrogen-bond acceptors (Lipinski definition) is 6. The van der Waals surface area contributed by atoms with Gasteiger partial charge in [0.15, 0.2) is 5.58 Å². The molecular weight excluding hydrogens is 317 g/mol. The third-order valence-electron chi connectivity index (χ3n) is 4.29. The third kappa shape index (κ3) is 2.78. The minimum atomic E-state index is -0.459. The maximum absolute atomic E-state index is 13.2. The van der Waals surface area contributed by atoms with Crippen LogP contribution in [0.15, 0.2) is 22.6 Å². The molecule has 2 aliphatic rings. The van der Waals surface area contributed by atoms with Gasteiger partial charge in [0.05, 0.1) is 12.6 Å². The van der Waals surface area contributed by atoms with Crippen LogP contribution in [-0.2, 0) is 4.79 Å². The van der Waals surface area contributed by atoms with Crippen molar-refractivity contribution >= 4 is 29.1 Å². The molecule has 2 aromatic rings. The average Bonchev–Trinajstić information content (AvgIpc) is 2.97. The van der Waals surface area contributed by atoms with E-state index in [0.717, 1.165) is 0 Å². The van der Waals surface area contributed by atoms with Crippen LogP contribution >= 0.6 is 0 Å². The highest BCUT2D eigenvalue weighted by atomic mass is 19.1. The summed E-state index contributed by atoms with van der Waals surface area (Å²) in [4.78, 5) is 31.3. The molecule has 2 aliphatic heterocycles. The number of aromatic nitrogens is 1. The van der Waals surface area contributed by atoms with Gasteiger partial charge >= 0.3 is 6.03 Å². The lowest BCUT2D eigenvalue weighted by Crippen LogP contribution is -2.62. The van der Waals surface area contributed by atoms with Gasteiger partial charge in [-0.05, 0) is 12.1 Å². The van der Waals surface area contributed by atoms with Crippen molar-refractivity contribution in [2.75, 3.05) is 31.1 Å². The number of amides is 3. The van der Waals surface area contributed by atoms with Crippen LogP contribution < -0.4 is 15.5 Å². The molecule has 0 bridgehead atoms. The number of imide groups is 1. The number of halogens is 1. The first-order valence-electron chi connectivity index (χ1n) is 7.74. The summed E-state index contributed by atoms with van der Waals surface area (Å²) in [7, 11) is 0. The molecule has 1 unspecified atom stereocenters. The Kier molecular flexibility index (Phi) is 3.57. The summed E-state index contributed by atoms with van der Waals surface area (Å²) in [5, 5.41) is 4.98. The van der Waals surface area contributed by atoms with Gasteiger partial charge in [-0.25, -0.2) is 9.18 Å². The molecule has 1 atom stereocenters. The molecule has 126 valence electrons. The van der Waals surface area contributed by atoms with Crippen molar-refractivity contribution in [3.63, 3.8) is 0 Å². The fourth-order valence-corrected chi connectivity index (χ4v) is 3.06. The van der Waals surface area contributed by atoms with Crippen molar-refractivity contribution in [1.29, 1.82) is 0 Å². The average molecular weight is 333 g/mol. The van der Waals surface area contributed by atoms with Gasteiger partial charge in [0.1, 0.15) is 11.3 Å². The second-order valence-corrected chi connectivity index (χ2v) is 5.87. The molecule has 0 spiro atoms. The molecule has 24 heavy (non-hydrogen) atoms. The van der Waals surface area contributed by atoms with Crippen molar-refractivity contribution < 1.29 is 18.4 Å². The number of hydrogen-bond donors (Lipinski definition) is 2. The molecule has 1 aromatic carbocycles. The molecule has 3 amide bonds. The monoisotopic (exact) mass is 333 g/mol. The van der Waals surface area contributed by atoms with E-state index < -0.39 is 6.03 Å². The van der Waals surface area contributed by atoms with Crippen LogP contribution in [0.2, 0.25) is 0 Å². The number of piperazine rings is 1. The predicted octanol–water partition coefficient (Wildman–Crippen LogP) is 0.644. The number of carbonyl (C=O) groups is 2. The summed E-state index contributed by atoms with van der Waals surface area (Å²) in [6.45, 7) is 2.60. The van der Waals surface area contributed by atoms with Crippen LogP contribution in [-0.4, -0.2) is 54.2 Å². The van der Waals surface area contributed by atoms with Crippen molar-refractivity contribution in [2.24, 2.45) is 0 Å². The van der Waals surface area contributed by atoms with E-state index in [0.29, 0.717) is 43.3 Å². The number of nitrogens with zero attached hydrogens (tertiary/aromatic N) is 3. The topological polar surface area (TPSA) is 90.7 Å². The van der Waals surface area contributed by atoms with E-state index in [1.54, 1.807) is 6.07 Å². The minimum absolute atomic E-state index is 0.244. The first kappa shape index (κ1) is 14.9. The predicted molar refractivity (Wildman–Crippen MR) is 82.8 cm³/mol. The van der Waals surface area contributed by atoms with Crippen LogP contribution in [0.1, 0.15) is 6.42 Å². The SMILES string of the molecule is O=C1CC(N2CCN(c3nc4ccc(F)cc4o3)CC2)NC(=O)N1. The van der Waals surface area contributed by atoms with Gasteiger partial charge in [-0.2, -0.15) is 4.98 Å². The number of fused-ring (bicyclic) bond motifs is 1. The molecule has 2 saturated heterocycles. The second kappa shape index (κ2) is 5.75. The lowest BCUT2D eigenvalue weighted by atomic mass is 10.2. The smallest absolute Gasteiger partial charge is 0.322 e. The fraction of sp³-hybridized carbons (Fsp3) is 0.400. The van der Waals surface area contributed by atoms with Gasteiger partial charge in [-0.1, -0.05) is 0 Å². The van der Waals surface area contributed by atoms with E-state index >= 15 is 0 Å². The highest BCUT2D eigenvalue weighted by Gasteiger charge is 2.31. The van der Waals surface area contributed by atoms with Crippen LogP contribution in [0.4, 0.5) is 15.2 Å². The van der Waals surface area contributed by atoms with E-state index in [9.17, 15) is 14.0 Å². The molecule has 8 nitrogen and oxygen atoms in total. The Bertz CT molecular complexity index is 784. The zero-order valence-corrected chi connectivity index (χ0v) is 12.8. The number of urea groups is 1. The molecule has 0 aliphatic carbocycles. The Labute approximate surface area is 136 Å². The van der Waals surface area contributed by atoms with Crippen molar-refractivity contribution in [2.45, 2.75) is 12.6 Å². The molecule has 9 heteroatoms. The summed E-state index contributed by atoms with van der Waals surface area (Å²) < 4.78 is 18.9. The molecule has 2 N–H and O–H groups in total. The fourth-order valence-electron chi connectivity index (χ4n) is 3.06. The lowest BCUT2D eigenvalue weighted by Gasteiger charge is -2.39. The normalized spacial score (nSPS) is 22.5. The van der Waals surface area contributed by atoms with Crippen LogP contribution in [0.3, 0.4) is 0 Å². The summed E-state index contributed by atoms with van der Waals surface area (Å²) in [5.74, 6) is -0.631. The molecule has 0 radical (unpaired) electrons. The molecule has 0 saturated carbocycles. The number of nitrogens with one attached hydrogen (secondary N) is 2. The highest BCUT2D eigenvalue weighted by Crippen LogP contribution is 2.24. The molecule has 4 rings (SSSR count). The van der Waals surface area contributed by atoms with Crippen molar-refractivity contribution in [1.82, 2.24) is 20.5 Å². The Balaban J connectivity index is 1.43. The van der Waals surface area contributed by atoms with E-state index in [2.05, 4.69) is 20.5 Å². The van der Waals surface area contributed by atoms with E-state index in [1.807, 2.05) is 4.90 Å². The van der Waals surface area contributed by atoms with Gasteiger partial charge in [0.25, 0.3) is 6.01 Å². The summed E-state index contributed by atoms with van der Waals surface area (Å²) >= 11 is 0. The Hall–Kier alpha value is -2.68. The second-order valence-electron chi connectivity index (χ2n) is 5.87. The van der Waals surface area contributed by atoms with Crippen LogP contribution in [0.5, 0.6) is 0 Å². The van der Waals surface area contributed by atoms with Crippen molar-refractivity contribution in [3.8, 4) is 0 Å².